The van der Waals surface area contributed by atoms with Crippen LogP contribution in [0, 0.1) is 0 Å². The van der Waals surface area contributed by atoms with Crippen LogP contribution in [0.5, 0.6) is 0 Å². The van der Waals surface area contributed by atoms with Crippen LogP contribution in [0.15, 0.2) is 24.3 Å². The van der Waals surface area contributed by atoms with Gasteiger partial charge in [0.05, 0.1) is 5.56 Å². The second kappa shape index (κ2) is 5.32. The van der Waals surface area contributed by atoms with Crippen molar-refractivity contribution in [1.29, 1.82) is 0 Å². The molecule has 1 aromatic carbocycles. The van der Waals surface area contributed by atoms with Crippen LogP contribution in [0.3, 0.4) is 0 Å². The molecule has 0 aliphatic carbocycles. The van der Waals surface area contributed by atoms with E-state index < -0.39 is 17.8 Å². The summed E-state index contributed by atoms with van der Waals surface area (Å²) in [4.78, 5) is 0. The zero-order chi connectivity index (χ0) is 12.2. The maximum atomic E-state index is 12.6. The van der Waals surface area contributed by atoms with Crippen molar-refractivity contribution in [3.8, 4) is 0 Å². The van der Waals surface area contributed by atoms with Crippen LogP contribution >= 0.6 is 0 Å². The van der Waals surface area contributed by atoms with Crippen molar-refractivity contribution < 1.29 is 18.3 Å². The Bertz CT molecular complexity index is 338. The molecule has 0 radical (unpaired) electrons. The lowest BCUT2D eigenvalue weighted by molar-refractivity contribution is -0.138. The number of rotatable bonds is 4. The van der Waals surface area contributed by atoms with Gasteiger partial charge < -0.3 is 10.8 Å². The van der Waals surface area contributed by atoms with E-state index in [2.05, 4.69) is 0 Å². The van der Waals surface area contributed by atoms with E-state index in [-0.39, 0.29) is 12.2 Å². The predicted octanol–water partition coefficient (Wildman–Crippen LogP) is 2.48. The Morgan fingerprint density at radius 1 is 1.25 bits per heavy atom. The van der Waals surface area contributed by atoms with Crippen molar-refractivity contribution in [2.24, 2.45) is 5.73 Å². The molecule has 90 valence electrons. The molecule has 0 aromatic heterocycles. The molecule has 1 atom stereocenters. The first kappa shape index (κ1) is 13.0. The van der Waals surface area contributed by atoms with Crippen molar-refractivity contribution in [3.05, 3.63) is 35.4 Å². The number of benzene rings is 1. The Morgan fingerprint density at radius 3 is 2.44 bits per heavy atom. The zero-order valence-corrected chi connectivity index (χ0v) is 8.67. The molecular formula is C11H14F3NO. The van der Waals surface area contributed by atoms with Gasteiger partial charge in [0.15, 0.2) is 0 Å². The van der Waals surface area contributed by atoms with Gasteiger partial charge in [-0.05, 0) is 24.5 Å². The molecule has 5 heteroatoms. The van der Waals surface area contributed by atoms with Gasteiger partial charge in [0.2, 0.25) is 0 Å². The Labute approximate surface area is 91.9 Å². The monoisotopic (exact) mass is 233 g/mol. The minimum absolute atomic E-state index is 0.0676. The van der Waals surface area contributed by atoms with Crippen LogP contribution in [0.1, 0.15) is 30.0 Å². The van der Waals surface area contributed by atoms with E-state index in [0.717, 1.165) is 6.07 Å². The number of aliphatic hydroxyl groups is 1. The second-order valence-corrected chi connectivity index (χ2v) is 3.56. The smallest absolute Gasteiger partial charge is 0.396 e. The number of hydrogen-bond donors (Lipinski definition) is 2. The summed E-state index contributed by atoms with van der Waals surface area (Å²) in [7, 11) is 0. The molecule has 0 fully saturated rings. The molecule has 0 saturated carbocycles. The van der Waals surface area contributed by atoms with Gasteiger partial charge in [-0.1, -0.05) is 18.2 Å². The highest BCUT2D eigenvalue weighted by molar-refractivity contribution is 5.32. The lowest BCUT2D eigenvalue weighted by atomic mass is 9.97. The summed E-state index contributed by atoms with van der Waals surface area (Å²) >= 11 is 0. The first-order chi connectivity index (χ1) is 7.46. The molecule has 2 nitrogen and oxygen atoms in total. The van der Waals surface area contributed by atoms with Gasteiger partial charge in [-0.3, -0.25) is 0 Å². The quantitative estimate of drug-likeness (QED) is 0.839. The van der Waals surface area contributed by atoms with E-state index in [9.17, 15) is 13.2 Å². The van der Waals surface area contributed by atoms with E-state index in [0.29, 0.717) is 12.8 Å². The fourth-order valence-electron chi connectivity index (χ4n) is 1.55. The van der Waals surface area contributed by atoms with Gasteiger partial charge in [0, 0.05) is 12.6 Å². The summed E-state index contributed by atoms with van der Waals surface area (Å²) in [5, 5.41) is 8.61. The fourth-order valence-corrected chi connectivity index (χ4v) is 1.55. The minimum atomic E-state index is -4.38. The number of nitrogens with two attached hydrogens (primary N) is 1. The molecule has 1 rings (SSSR count). The lowest BCUT2D eigenvalue weighted by Gasteiger charge is -2.17. The third kappa shape index (κ3) is 3.21. The van der Waals surface area contributed by atoms with E-state index >= 15 is 0 Å². The second-order valence-electron chi connectivity index (χ2n) is 3.56. The molecule has 16 heavy (non-hydrogen) atoms. The highest BCUT2D eigenvalue weighted by atomic mass is 19.4. The maximum Gasteiger partial charge on any atom is 0.416 e. The van der Waals surface area contributed by atoms with Crippen molar-refractivity contribution in [3.63, 3.8) is 0 Å². The van der Waals surface area contributed by atoms with Crippen LogP contribution in [0.25, 0.3) is 0 Å². The Balaban J connectivity index is 2.94. The Kier molecular flexibility index (Phi) is 4.32. The van der Waals surface area contributed by atoms with Gasteiger partial charge in [-0.2, -0.15) is 13.2 Å². The van der Waals surface area contributed by atoms with Gasteiger partial charge in [0.25, 0.3) is 0 Å². The van der Waals surface area contributed by atoms with Gasteiger partial charge >= 0.3 is 6.18 Å². The normalized spacial score (nSPS) is 13.8. The first-order valence-electron chi connectivity index (χ1n) is 4.99. The summed E-state index contributed by atoms with van der Waals surface area (Å²) in [5.41, 5.74) is 5.06. The topological polar surface area (TPSA) is 46.2 Å². The average Bonchev–Trinajstić information content (AvgIpc) is 2.24. The van der Waals surface area contributed by atoms with Crippen molar-refractivity contribution in [2.75, 3.05) is 6.61 Å². The zero-order valence-electron chi connectivity index (χ0n) is 8.67. The standard InChI is InChI=1S/C11H14F3NO/c12-11(13,14)9-5-2-1-4-8(9)10(15)6-3-7-16/h1-2,4-5,10,16H,3,6-7,15H2/t10-/m0/s1. The first-order valence-corrected chi connectivity index (χ1v) is 4.99. The largest absolute Gasteiger partial charge is 0.416 e. The molecule has 0 amide bonds. The molecule has 1 aromatic rings. The Morgan fingerprint density at radius 2 is 1.88 bits per heavy atom. The average molecular weight is 233 g/mol. The molecule has 0 bridgehead atoms. The minimum Gasteiger partial charge on any atom is -0.396 e. The molecule has 0 saturated heterocycles. The third-order valence-corrected chi connectivity index (χ3v) is 2.34. The Hall–Kier alpha value is -1.07. The predicted molar refractivity (Wildman–Crippen MR) is 54.7 cm³/mol. The fraction of sp³-hybridized carbons (Fsp3) is 0.455. The number of halogens is 3. The number of hydrogen-bond acceptors (Lipinski definition) is 2. The summed E-state index contributed by atoms with van der Waals surface area (Å²) in [6, 6.07) is 4.58. The molecule has 0 spiro atoms. The van der Waals surface area contributed by atoms with E-state index in [1.54, 1.807) is 0 Å². The van der Waals surface area contributed by atoms with E-state index in [4.69, 9.17) is 10.8 Å². The van der Waals surface area contributed by atoms with E-state index in [1.165, 1.54) is 18.2 Å². The van der Waals surface area contributed by atoms with Crippen molar-refractivity contribution >= 4 is 0 Å². The number of aliphatic hydroxyl groups excluding tert-OH is 1. The van der Waals surface area contributed by atoms with Crippen LogP contribution in [0.2, 0.25) is 0 Å². The van der Waals surface area contributed by atoms with Crippen LogP contribution in [-0.2, 0) is 6.18 Å². The summed E-state index contributed by atoms with van der Waals surface area (Å²) in [6.07, 6.45) is -3.65. The third-order valence-electron chi connectivity index (χ3n) is 2.34. The highest BCUT2D eigenvalue weighted by Gasteiger charge is 2.34. The van der Waals surface area contributed by atoms with Gasteiger partial charge in [0.1, 0.15) is 0 Å². The summed E-state index contributed by atoms with van der Waals surface area (Å²) < 4.78 is 37.9. The number of alkyl halides is 3. The van der Waals surface area contributed by atoms with Crippen LogP contribution < -0.4 is 5.73 Å². The maximum absolute atomic E-state index is 12.6. The van der Waals surface area contributed by atoms with Crippen molar-refractivity contribution in [1.82, 2.24) is 0 Å². The van der Waals surface area contributed by atoms with Crippen LogP contribution in [0.4, 0.5) is 13.2 Å². The van der Waals surface area contributed by atoms with Crippen molar-refractivity contribution in [2.45, 2.75) is 25.1 Å². The molecular weight excluding hydrogens is 219 g/mol. The highest BCUT2D eigenvalue weighted by Crippen LogP contribution is 2.34. The van der Waals surface area contributed by atoms with E-state index in [1.807, 2.05) is 0 Å². The summed E-state index contributed by atoms with van der Waals surface area (Å²) in [5.74, 6) is 0. The molecule has 0 aliphatic rings. The molecule has 3 N–H and O–H groups in total. The summed E-state index contributed by atoms with van der Waals surface area (Å²) in [6.45, 7) is -0.0676. The SMILES string of the molecule is N[C@@H](CCCO)c1ccccc1C(F)(F)F. The van der Waals surface area contributed by atoms with Crippen LogP contribution in [-0.4, -0.2) is 11.7 Å². The molecule has 0 aliphatic heterocycles. The van der Waals surface area contributed by atoms with Gasteiger partial charge in [-0.15, -0.1) is 0 Å². The molecule has 0 unspecified atom stereocenters. The lowest BCUT2D eigenvalue weighted by Crippen LogP contribution is -2.17. The molecule has 0 heterocycles. The van der Waals surface area contributed by atoms with Gasteiger partial charge in [-0.25, -0.2) is 0 Å².